The lowest BCUT2D eigenvalue weighted by Gasteiger charge is -2.32. The van der Waals surface area contributed by atoms with Crippen LogP contribution in [0.4, 0.5) is 0 Å². The molecule has 0 aliphatic carbocycles. The van der Waals surface area contributed by atoms with Crippen LogP contribution in [0.25, 0.3) is 6.08 Å². The van der Waals surface area contributed by atoms with Crippen LogP contribution in [-0.2, 0) is 16.1 Å². The number of rotatable bonds is 3. The lowest BCUT2D eigenvalue weighted by molar-refractivity contribution is -0.131. The number of likely N-dealkylation sites (N-methyl/N-ethyl adjacent to an activating group) is 1. The van der Waals surface area contributed by atoms with Gasteiger partial charge in [0.15, 0.2) is 0 Å². The van der Waals surface area contributed by atoms with E-state index in [1.165, 1.54) is 0 Å². The van der Waals surface area contributed by atoms with Crippen molar-refractivity contribution in [3.63, 3.8) is 0 Å². The van der Waals surface area contributed by atoms with Gasteiger partial charge in [0.1, 0.15) is 6.04 Å². The van der Waals surface area contributed by atoms with Crippen molar-refractivity contribution in [1.29, 1.82) is 0 Å². The normalized spacial score (nSPS) is 17.5. The molecule has 0 aromatic carbocycles. The van der Waals surface area contributed by atoms with Gasteiger partial charge in [-0.25, -0.2) is 0 Å². The number of amides is 2. The Bertz CT molecular complexity index is 705. The molecule has 0 saturated carbocycles. The van der Waals surface area contributed by atoms with Gasteiger partial charge in [0, 0.05) is 24.2 Å². The van der Waals surface area contributed by atoms with Crippen molar-refractivity contribution < 1.29 is 9.59 Å². The van der Waals surface area contributed by atoms with Crippen LogP contribution in [0.3, 0.4) is 0 Å². The van der Waals surface area contributed by atoms with Gasteiger partial charge in [-0.3, -0.25) is 14.3 Å². The van der Waals surface area contributed by atoms with Gasteiger partial charge in [-0.15, -0.1) is 11.3 Å². The number of hydrogen-bond acceptors (Lipinski definition) is 4. The quantitative estimate of drug-likeness (QED) is 0.868. The molecule has 0 saturated heterocycles. The minimum Gasteiger partial charge on any atom is -0.357 e. The molecule has 7 heteroatoms. The summed E-state index contributed by atoms with van der Waals surface area (Å²) in [5.41, 5.74) is 0.859. The summed E-state index contributed by atoms with van der Waals surface area (Å²) in [6, 6.07) is 5.24. The lowest BCUT2D eigenvalue weighted by Crippen LogP contribution is -2.46. The minimum atomic E-state index is -0.483. The van der Waals surface area contributed by atoms with E-state index in [0.29, 0.717) is 13.1 Å². The monoisotopic (exact) mass is 316 g/mol. The molecule has 1 atom stereocenters. The first-order valence-corrected chi connectivity index (χ1v) is 7.81. The fraction of sp³-hybridized carbons (Fsp3) is 0.267. The molecule has 6 nitrogen and oxygen atoms in total. The maximum atomic E-state index is 12.4. The van der Waals surface area contributed by atoms with Crippen molar-refractivity contribution in [1.82, 2.24) is 20.0 Å². The largest absolute Gasteiger partial charge is 0.357 e. The second-order valence-electron chi connectivity index (χ2n) is 4.96. The molecule has 2 amide bonds. The molecular formula is C15H16N4O2S. The zero-order chi connectivity index (χ0) is 15.5. The molecule has 0 fully saturated rings. The highest BCUT2D eigenvalue weighted by Gasteiger charge is 2.31. The van der Waals surface area contributed by atoms with Crippen LogP contribution >= 0.6 is 11.3 Å². The zero-order valence-corrected chi connectivity index (χ0v) is 12.9. The number of carbonyl (C=O) groups excluding carboxylic acids is 2. The number of nitrogens with zero attached hydrogens (tertiary/aromatic N) is 3. The van der Waals surface area contributed by atoms with Crippen molar-refractivity contribution >= 4 is 29.2 Å². The molecule has 2 aromatic heterocycles. The van der Waals surface area contributed by atoms with E-state index >= 15 is 0 Å². The molecule has 1 aliphatic rings. The number of nitrogens with one attached hydrogen (secondary N) is 1. The summed E-state index contributed by atoms with van der Waals surface area (Å²) in [5, 5.41) is 8.78. The highest BCUT2D eigenvalue weighted by molar-refractivity contribution is 7.10. The zero-order valence-electron chi connectivity index (χ0n) is 12.1. The maximum absolute atomic E-state index is 12.4. The Morgan fingerprint density at radius 1 is 1.45 bits per heavy atom. The van der Waals surface area contributed by atoms with E-state index < -0.39 is 6.04 Å². The Labute approximate surface area is 132 Å². The first kappa shape index (κ1) is 14.5. The van der Waals surface area contributed by atoms with E-state index in [1.54, 1.807) is 46.3 Å². The molecule has 0 unspecified atom stereocenters. The standard InChI is InChI=1S/C15H16N4O2S/c1-16-15(21)13-10-18(9-11-6-7-17-19(11)13)14(20)5-4-12-3-2-8-22-12/h2-8,13H,9-10H2,1H3,(H,16,21)/b5-4+/t13-/m0/s1. The average molecular weight is 316 g/mol. The number of hydrogen-bond donors (Lipinski definition) is 1. The third-order valence-corrected chi connectivity index (χ3v) is 4.43. The van der Waals surface area contributed by atoms with Crippen LogP contribution in [0.2, 0.25) is 0 Å². The third-order valence-electron chi connectivity index (χ3n) is 3.59. The second kappa shape index (κ2) is 6.15. The molecule has 0 radical (unpaired) electrons. The Hall–Kier alpha value is -2.41. The molecule has 1 aliphatic heterocycles. The SMILES string of the molecule is CNC(=O)[C@@H]1CN(C(=O)/C=C/c2cccs2)Cc2ccnn21. The van der Waals surface area contributed by atoms with E-state index in [4.69, 9.17) is 0 Å². The lowest BCUT2D eigenvalue weighted by atomic mass is 10.1. The average Bonchev–Trinajstić information content (AvgIpc) is 3.21. The van der Waals surface area contributed by atoms with E-state index in [-0.39, 0.29) is 11.8 Å². The summed E-state index contributed by atoms with van der Waals surface area (Å²) < 4.78 is 1.69. The predicted octanol–water partition coefficient (Wildman–Crippen LogP) is 1.29. The number of aromatic nitrogens is 2. The number of fused-ring (bicyclic) bond motifs is 1. The van der Waals surface area contributed by atoms with Crippen molar-refractivity contribution in [2.45, 2.75) is 12.6 Å². The van der Waals surface area contributed by atoms with Crippen LogP contribution in [0.5, 0.6) is 0 Å². The van der Waals surface area contributed by atoms with Crippen LogP contribution < -0.4 is 5.32 Å². The predicted molar refractivity (Wildman–Crippen MR) is 84.1 cm³/mol. The van der Waals surface area contributed by atoms with E-state index in [2.05, 4.69) is 10.4 Å². The second-order valence-corrected chi connectivity index (χ2v) is 5.94. The Morgan fingerprint density at radius 2 is 2.32 bits per heavy atom. The molecule has 0 bridgehead atoms. The Kier molecular flexibility index (Phi) is 4.06. The van der Waals surface area contributed by atoms with Crippen LogP contribution in [0.1, 0.15) is 16.6 Å². The van der Waals surface area contributed by atoms with Gasteiger partial charge in [-0.1, -0.05) is 6.07 Å². The van der Waals surface area contributed by atoms with Crippen molar-refractivity contribution in [2.24, 2.45) is 0 Å². The smallest absolute Gasteiger partial charge is 0.247 e. The van der Waals surface area contributed by atoms with Crippen molar-refractivity contribution in [3.8, 4) is 0 Å². The van der Waals surface area contributed by atoms with Gasteiger partial charge in [0.2, 0.25) is 11.8 Å². The third kappa shape index (κ3) is 2.80. The molecule has 3 rings (SSSR count). The number of carbonyl (C=O) groups is 2. The Morgan fingerprint density at radius 3 is 3.05 bits per heavy atom. The van der Waals surface area contributed by atoms with Gasteiger partial charge >= 0.3 is 0 Å². The molecule has 3 heterocycles. The summed E-state index contributed by atoms with van der Waals surface area (Å²) in [5.74, 6) is -0.251. The summed E-state index contributed by atoms with van der Waals surface area (Å²) >= 11 is 1.57. The van der Waals surface area contributed by atoms with Gasteiger partial charge in [0.05, 0.1) is 18.8 Å². The molecule has 2 aromatic rings. The summed E-state index contributed by atoms with van der Waals surface area (Å²) in [7, 11) is 1.59. The molecule has 114 valence electrons. The van der Waals surface area contributed by atoms with E-state index in [9.17, 15) is 9.59 Å². The maximum Gasteiger partial charge on any atom is 0.247 e. The fourth-order valence-corrected chi connectivity index (χ4v) is 3.09. The van der Waals surface area contributed by atoms with Crippen molar-refractivity contribution in [3.05, 3.63) is 46.4 Å². The van der Waals surface area contributed by atoms with Crippen LogP contribution in [0.15, 0.2) is 35.9 Å². The number of thiophene rings is 1. The summed E-state index contributed by atoms with van der Waals surface area (Å²) in [4.78, 5) is 27.1. The first-order valence-electron chi connectivity index (χ1n) is 6.93. The molecular weight excluding hydrogens is 300 g/mol. The van der Waals surface area contributed by atoms with Gasteiger partial charge in [0.25, 0.3) is 0 Å². The highest BCUT2D eigenvalue weighted by atomic mass is 32.1. The minimum absolute atomic E-state index is 0.102. The first-order chi connectivity index (χ1) is 10.7. The van der Waals surface area contributed by atoms with Gasteiger partial charge < -0.3 is 10.2 Å². The molecule has 0 spiro atoms. The molecule has 22 heavy (non-hydrogen) atoms. The molecule has 1 N–H and O–H groups in total. The fourth-order valence-electron chi connectivity index (χ4n) is 2.47. The van der Waals surface area contributed by atoms with Crippen LogP contribution in [0, 0.1) is 0 Å². The summed E-state index contributed by atoms with van der Waals surface area (Å²) in [6.45, 7) is 0.781. The summed E-state index contributed by atoms with van der Waals surface area (Å²) in [6.07, 6.45) is 5.01. The Balaban J connectivity index is 1.78. The van der Waals surface area contributed by atoms with E-state index in [0.717, 1.165) is 10.6 Å². The van der Waals surface area contributed by atoms with Crippen LogP contribution in [-0.4, -0.2) is 40.1 Å². The van der Waals surface area contributed by atoms with Crippen molar-refractivity contribution in [2.75, 3.05) is 13.6 Å². The topological polar surface area (TPSA) is 67.2 Å². The highest BCUT2D eigenvalue weighted by Crippen LogP contribution is 2.21. The van der Waals surface area contributed by atoms with E-state index in [1.807, 2.05) is 23.6 Å². The van der Waals surface area contributed by atoms with Gasteiger partial charge in [-0.05, 0) is 23.6 Å². The van der Waals surface area contributed by atoms with Gasteiger partial charge in [-0.2, -0.15) is 5.10 Å².